The van der Waals surface area contributed by atoms with E-state index in [0.717, 1.165) is 32.6 Å². The molecule has 0 fully saturated rings. The third kappa shape index (κ3) is 4.21. The number of hydrogen-bond acceptors (Lipinski definition) is 3. The predicted octanol–water partition coefficient (Wildman–Crippen LogP) is 5.99. The smallest absolute Gasteiger partial charge is 0.282 e. The maximum absolute atomic E-state index is 13.3. The molecule has 0 unspecified atom stereocenters. The standard InChI is InChI=1S/C25H21BrN2O2/c1-3-30-22-14-6-18(7-15-22)16-23-25(29)28(21-12-10-20(26)11-13-21)24(27-23)19-8-4-17(2)5-9-19/h4-16H,3H2,1-2H3. The highest BCUT2D eigenvalue weighted by atomic mass is 79.9. The Labute approximate surface area is 184 Å². The lowest BCUT2D eigenvalue weighted by atomic mass is 10.1. The van der Waals surface area contributed by atoms with Gasteiger partial charge in [0.25, 0.3) is 5.91 Å². The van der Waals surface area contributed by atoms with E-state index in [1.165, 1.54) is 0 Å². The summed E-state index contributed by atoms with van der Waals surface area (Å²) in [4.78, 5) is 19.7. The number of carbonyl (C=O) groups excluding carboxylic acids is 1. The molecule has 4 nitrogen and oxygen atoms in total. The number of hydrogen-bond donors (Lipinski definition) is 0. The molecule has 1 amide bonds. The lowest BCUT2D eigenvalue weighted by molar-refractivity contribution is -0.113. The van der Waals surface area contributed by atoms with Gasteiger partial charge in [-0.05, 0) is 61.9 Å². The van der Waals surface area contributed by atoms with Crippen molar-refractivity contribution in [3.05, 3.63) is 99.7 Å². The van der Waals surface area contributed by atoms with E-state index in [-0.39, 0.29) is 5.91 Å². The molecule has 3 aromatic rings. The average Bonchev–Trinajstić information content (AvgIpc) is 3.07. The Bertz CT molecular complexity index is 1120. The fraction of sp³-hybridized carbons (Fsp3) is 0.120. The van der Waals surface area contributed by atoms with Gasteiger partial charge in [-0.2, -0.15) is 0 Å². The lowest BCUT2D eigenvalue weighted by Crippen LogP contribution is -2.32. The first-order valence-electron chi connectivity index (χ1n) is 9.75. The summed E-state index contributed by atoms with van der Waals surface area (Å²) in [5.74, 6) is 1.28. The van der Waals surface area contributed by atoms with Crippen molar-refractivity contribution in [1.82, 2.24) is 0 Å². The first kappa shape index (κ1) is 20.1. The van der Waals surface area contributed by atoms with Crippen LogP contribution in [0, 0.1) is 6.92 Å². The number of halogens is 1. The SMILES string of the molecule is CCOc1ccc(C=C2N=C(c3ccc(C)cc3)N(c3ccc(Br)cc3)C2=O)cc1. The molecule has 5 heteroatoms. The number of aryl methyl sites for hydroxylation is 1. The number of aliphatic imine (C=N–C) groups is 1. The minimum atomic E-state index is -0.151. The maximum Gasteiger partial charge on any atom is 0.282 e. The van der Waals surface area contributed by atoms with E-state index in [2.05, 4.69) is 15.9 Å². The van der Waals surface area contributed by atoms with Gasteiger partial charge in [0.1, 0.15) is 17.3 Å². The third-order valence-electron chi connectivity index (χ3n) is 4.75. The van der Waals surface area contributed by atoms with E-state index in [0.29, 0.717) is 18.1 Å². The molecular weight excluding hydrogens is 440 g/mol. The number of ether oxygens (including phenoxy) is 1. The number of nitrogens with zero attached hydrogens (tertiary/aromatic N) is 2. The molecule has 0 spiro atoms. The van der Waals surface area contributed by atoms with Crippen molar-refractivity contribution in [1.29, 1.82) is 0 Å². The molecule has 150 valence electrons. The van der Waals surface area contributed by atoms with Crippen molar-refractivity contribution in [2.45, 2.75) is 13.8 Å². The Morgan fingerprint density at radius 3 is 2.27 bits per heavy atom. The first-order chi connectivity index (χ1) is 14.5. The van der Waals surface area contributed by atoms with E-state index < -0.39 is 0 Å². The van der Waals surface area contributed by atoms with Crippen molar-refractivity contribution in [3.63, 3.8) is 0 Å². The van der Waals surface area contributed by atoms with Crippen LogP contribution in [0.1, 0.15) is 23.6 Å². The Kier molecular flexibility index (Phi) is 5.81. The third-order valence-corrected chi connectivity index (χ3v) is 5.28. The number of benzene rings is 3. The summed E-state index contributed by atoms with van der Waals surface area (Å²) in [6.45, 7) is 4.60. The van der Waals surface area contributed by atoms with Gasteiger partial charge in [-0.3, -0.25) is 9.69 Å². The normalized spacial score (nSPS) is 14.9. The van der Waals surface area contributed by atoms with E-state index in [1.54, 1.807) is 4.90 Å². The van der Waals surface area contributed by atoms with Crippen LogP contribution >= 0.6 is 15.9 Å². The quantitative estimate of drug-likeness (QED) is 0.438. The van der Waals surface area contributed by atoms with Gasteiger partial charge in [0.05, 0.1) is 12.3 Å². The number of anilines is 1. The second-order valence-electron chi connectivity index (χ2n) is 6.95. The molecule has 0 aromatic heterocycles. The fourth-order valence-corrected chi connectivity index (χ4v) is 3.49. The topological polar surface area (TPSA) is 41.9 Å². The summed E-state index contributed by atoms with van der Waals surface area (Å²) < 4.78 is 6.45. The number of amidine groups is 1. The van der Waals surface area contributed by atoms with Crippen molar-refractivity contribution >= 4 is 39.4 Å². The highest BCUT2D eigenvalue weighted by Crippen LogP contribution is 2.29. The summed E-state index contributed by atoms with van der Waals surface area (Å²) in [7, 11) is 0. The molecule has 3 aromatic carbocycles. The Morgan fingerprint density at radius 1 is 0.967 bits per heavy atom. The van der Waals surface area contributed by atoms with Gasteiger partial charge in [0.15, 0.2) is 0 Å². The number of rotatable bonds is 5. The van der Waals surface area contributed by atoms with Crippen LogP contribution in [-0.4, -0.2) is 18.3 Å². The first-order valence-corrected chi connectivity index (χ1v) is 10.5. The molecule has 0 saturated carbocycles. The van der Waals surface area contributed by atoms with Crippen molar-refractivity contribution in [2.75, 3.05) is 11.5 Å². The van der Waals surface area contributed by atoms with E-state index in [1.807, 2.05) is 92.7 Å². The minimum absolute atomic E-state index is 0.151. The molecule has 1 aliphatic rings. The molecule has 0 N–H and O–H groups in total. The summed E-state index contributed by atoms with van der Waals surface area (Å²) in [6.07, 6.45) is 1.81. The predicted molar refractivity (Wildman–Crippen MR) is 125 cm³/mol. The summed E-state index contributed by atoms with van der Waals surface area (Å²) in [5, 5.41) is 0. The maximum atomic E-state index is 13.3. The Morgan fingerprint density at radius 2 is 1.63 bits per heavy atom. The molecule has 0 radical (unpaired) electrons. The Balaban J connectivity index is 1.75. The van der Waals surface area contributed by atoms with Crippen LogP contribution in [0.15, 0.2) is 88.0 Å². The Hall–Kier alpha value is -3.18. The van der Waals surface area contributed by atoms with Gasteiger partial charge in [0.2, 0.25) is 0 Å². The zero-order chi connectivity index (χ0) is 21.1. The largest absolute Gasteiger partial charge is 0.494 e. The number of amides is 1. The van der Waals surface area contributed by atoms with Gasteiger partial charge in [-0.15, -0.1) is 0 Å². The fourth-order valence-electron chi connectivity index (χ4n) is 3.23. The van der Waals surface area contributed by atoms with Gasteiger partial charge >= 0.3 is 0 Å². The molecule has 1 heterocycles. The number of carbonyl (C=O) groups is 1. The van der Waals surface area contributed by atoms with Crippen molar-refractivity contribution < 1.29 is 9.53 Å². The molecule has 1 aliphatic heterocycles. The molecule has 30 heavy (non-hydrogen) atoms. The van der Waals surface area contributed by atoms with Crippen LogP contribution < -0.4 is 9.64 Å². The van der Waals surface area contributed by atoms with Gasteiger partial charge < -0.3 is 4.74 Å². The van der Waals surface area contributed by atoms with Crippen LogP contribution in [0.25, 0.3) is 6.08 Å². The molecule has 0 atom stereocenters. The molecule has 0 bridgehead atoms. The van der Waals surface area contributed by atoms with Crippen LogP contribution in [0.2, 0.25) is 0 Å². The molecule has 4 rings (SSSR count). The van der Waals surface area contributed by atoms with Gasteiger partial charge in [-0.1, -0.05) is 57.9 Å². The molecule has 0 aliphatic carbocycles. The summed E-state index contributed by atoms with van der Waals surface area (Å²) in [5.41, 5.74) is 4.12. The van der Waals surface area contributed by atoms with Crippen LogP contribution in [0.5, 0.6) is 5.75 Å². The monoisotopic (exact) mass is 460 g/mol. The van der Waals surface area contributed by atoms with Crippen LogP contribution in [0.3, 0.4) is 0 Å². The lowest BCUT2D eigenvalue weighted by Gasteiger charge is -2.18. The molecule has 0 saturated heterocycles. The highest BCUT2D eigenvalue weighted by molar-refractivity contribution is 9.10. The van der Waals surface area contributed by atoms with E-state index in [4.69, 9.17) is 9.73 Å². The summed E-state index contributed by atoms with van der Waals surface area (Å²) >= 11 is 3.45. The van der Waals surface area contributed by atoms with Crippen molar-refractivity contribution in [2.24, 2.45) is 4.99 Å². The zero-order valence-electron chi connectivity index (χ0n) is 16.8. The van der Waals surface area contributed by atoms with E-state index >= 15 is 0 Å². The highest BCUT2D eigenvalue weighted by Gasteiger charge is 2.32. The second-order valence-corrected chi connectivity index (χ2v) is 7.87. The molecular formula is C25H21BrN2O2. The second kappa shape index (κ2) is 8.67. The van der Waals surface area contributed by atoms with Gasteiger partial charge in [0, 0.05) is 10.0 Å². The van der Waals surface area contributed by atoms with Gasteiger partial charge in [-0.25, -0.2) is 4.99 Å². The zero-order valence-corrected chi connectivity index (χ0v) is 18.4. The van der Waals surface area contributed by atoms with E-state index in [9.17, 15) is 4.79 Å². The summed E-state index contributed by atoms with van der Waals surface area (Å²) in [6, 6.07) is 23.3. The average molecular weight is 461 g/mol. The minimum Gasteiger partial charge on any atom is -0.494 e. The van der Waals surface area contributed by atoms with Crippen molar-refractivity contribution in [3.8, 4) is 5.75 Å². The van der Waals surface area contributed by atoms with Crippen LogP contribution in [0.4, 0.5) is 5.69 Å². The van der Waals surface area contributed by atoms with Crippen LogP contribution in [-0.2, 0) is 4.79 Å².